The molecule has 1 amide bonds. The van der Waals surface area contributed by atoms with Gasteiger partial charge in [-0.25, -0.2) is 0 Å². The van der Waals surface area contributed by atoms with E-state index in [0.717, 1.165) is 6.42 Å². The summed E-state index contributed by atoms with van der Waals surface area (Å²) in [5, 5.41) is 12.7. The van der Waals surface area contributed by atoms with Gasteiger partial charge in [-0.1, -0.05) is 13.8 Å². The fourth-order valence-corrected chi connectivity index (χ4v) is 1.37. The Morgan fingerprint density at radius 3 is 2.47 bits per heavy atom. The third-order valence-corrected chi connectivity index (χ3v) is 2.36. The van der Waals surface area contributed by atoms with Gasteiger partial charge < -0.3 is 15.3 Å². The topological polar surface area (TPSA) is 52.6 Å². The number of nitrogens with one attached hydrogen (secondary N) is 1. The molecule has 0 aliphatic carbocycles. The molecule has 0 rings (SSSR count). The molecule has 0 aromatic carbocycles. The maximum atomic E-state index is 11.5. The van der Waals surface area contributed by atoms with Gasteiger partial charge in [0, 0.05) is 19.0 Å². The summed E-state index contributed by atoms with van der Waals surface area (Å²) >= 11 is 0. The normalized spacial score (nSPS) is 17.3. The standard InChI is InChI=1S/C11H24N2O2/c1-6-9(2)10(14)12-7-11(3,15)8-13(4)5/h9,15H,6-8H2,1-5H3,(H,12,14). The summed E-state index contributed by atoms with van der Waals surface area (Å²) in [7, 11) is 3.79. The van der Waals surface area contributed by atoms with E-state index in [0.29, 0.717) is 13.1 Å². The monoisotopic (exact) mass is 216 g/mol. The number of hydrogen-bond acceptors (Lipinski definition) is 3. The number of carbonyl (C=O) groups excluding carboxylic acids is 1. The van der Waals surface area contributed by atoms with Crippen molar-refractivity contribution >= 4 is 5.91 Å². The van der Waals surface area contributed by atoms with Crippen LogP contribution >= 0.6 is 0 Å². The van der Waals surface area contributed by atoms with Gasteiger partial charge in [-0.3, -0.25) is 4.79 Å². The second-order valence-corrected chi connectivity index (χ2v) is 4.76. The summed E-state index contributed by atoms with van der Waals surface area (Å²) in [5.41, 5.74) is -0.868. The Bertz CT molecular complexity index is 203. The van der Waals surface area contributed by atoms with E-state index >= 15 is 0 Å². The largest absolute Gasteiger partial charge is 0.387 e. The zero-order valence-electron chi connectivity index (χ0n) is 10.5. The minimum Gasteiger partial charge on any atom is -0.387 e. The van der Waals surface area contributed by atoms with Crippen molar-refractivity contribution in [3.63, 3.8) is 0 Å². The molecule has 0 heterocycles. The van der Waals surface area contributed by atoms with Gasteiger partial charge in [0.25, 0.3) is 0 Å². The molecule has 90 valence electrons. The van der Waals surface area contributed by atoms with Gasteiger partial charge >= 0.3 is 0 Å². The summed E-state index contributed by atoms with van der Waals surface area (Å²) in [6.45, 7) is 6.42. The molecule has 0 radical (unpaired) electrons. The zero-order chi connectivity index (χ0) is 12.1. The first kappa shape index (κ1) is 14.4. The van der Waals surface area contributed by atoms with Gasteiger partial charge in [0.05, 0.1) is 5.60 Å². The Hall–Kier alpha value is -0.610. The minimum absolute atomic E-state index is 0.0107. The predicted octanol–water partition coefficient (Wildman–Crippen LogP) is 0.461. The van der Waals surface area contributed by atoms with Crippen molar-refractivity contribution in [1.82, 2.24) is 10.2 Å². The second kappa shape index (κ2) is 6.08. The van der Waals surface area contributed by atoms with Crippen molar-refractivity contribution in [2.75, 3.05) is 27.2 Å². The molecule has 0 aliphatic rings. The van der Waals surface area contributed by atoms with E-state index in [1.54, 1.807) is 6.92 Å². The van der Waals surface area contributed by atoms with Crippen LogP contribution in [0.25, 0.3) is 0 Å². The summed E-state index contributed by atoms with van der Waals surface area (Å²) < 4.78 is 0. The highest BCUT2D eigenvalue weighted by Crippen LogP contribution is 2.04. The molecule has 2 atom stereocenters. The molecule has 0 aliphatic heterocycles. The molecule has 0 bridgehead atoms. The predicted molar refractivity (Wildman–Crippen MR) is 61.6 cm³/mol. The van der Waals surface area contributed by atoms with E-state index in [-0.39, 0.29) is 11.8 Å². The number of carbonyl (C=O) groups is 1. The van der Waals surface area contributed by atoms with Crippen molar-refractivity contribution in [2.45, 2.75) is 32.8 Å². The maximum Gasteiger partial charge on any atom is 0.222 e. The number of nitrogens with zero attached hydrogens (tertiary/aromatic N) is 1. The smallest absolute Gasteiger partial charge is 0.222 e. The molecular weight excluding hydrogens is 192 g/mol. The molecule has 4 heteroatoms. The molecule has 0 saturated heterocycles. The minimum atomic E-state index is -0.868. The van der Waals surface area contributed by atoms with Crippen LogP contribution in [0.4, 0.5) is 0 Å². The zero-order valence-corrected chi connectivity index (χ0v) is 10.5. The summed E-state index contributed by atoms with van der Waals surface area (Å²) in [4.78, 5) is 13.4. The van der Waals surface area contributed by atoms with Gasteiger partial charge in [0.1, 0.15) is 0 Å². The van der Waals surface area contributed by atoms with E-state index in [1.807, 2.05) is 32.8 Å². The van der Waals surface area contributed by atoms with Crippen molar-refractivity contribution in [1.29, 1.82) is 0 Å². The number of likely N-dealkylation sites (N-methyl/N-ethyl adjacent to an activating group) is 1. The van der Waals surface area contributed by atoms with E-state index in [9.17, 15) is 9.90 Å². The van der Waals surface area contributed by atoms with Crippen LogP contribution in [0.15, 0.2) is 0 Å². The van der Waals surface area contributed by atoms with Gasteiger partial charge in [-0.15, -0.1) is 0 Å². The SMILES string of the molecule is CCC(C)C(=O)NCC(C)(O)CN(C)C. The van der Waals surface area contributed by atoms with Crippen LogP contribution in [0, 0.1) is 5.92 Å². The van der Waals surface area contributed by atoms with Crippen LogP contribution in [0.2, 0.25) is 0 Å². The third-order valence-electron chi connectivity index (χ3n) is 2.36. The lowest BCUT2D eigenvalue weighted by atomic mass is 10.1. The van der Waals surface area contributed by atoms with Gasteiger partial charge in [-0.2, -0.15) is 0 Å². The average Bonchev–Trinajstić information content (AvgIpc) is 2.11. The van der Waals surface area contributed by atoms with E-state index in [4.69, 9.17) is 0 Å². The molecule has 2 N–H and O–H groups in total. The Balaban J connectivity index is 3.98. The van der Waals surface area contributed by atoms with Crippen LogP contribution in [-0.4, -0.2) is 48.7 Å². The van der Waals surface area contributed by atoms with Crippen LogP contribution < -0.4 is 5.32 Å². The highest BCUT2D eigenvalue weighted by Gasteiger charge is 2.22. The Kier molecular flexibility index (Phi) is 5.83. The number of aliphatic hydroxyl groups is 1. The molecule has 4 nitrogen and oxygen atoms in total. The lowest BCUT2D eigenvalue weighted by Gasteiger charge is -2.27. The average molecular weight is 216 g/mol. The Morgan fingerprint density at radius 1 is 1.53 bits per heavy atom. The molecule has 0 fully saturated rings. The second-order valence-electron chi connectivity index (χ2n) is 4.76. The van der Waals surface area contributed by atoms with Crippen molar-refractivity contribution in [3.05, 3.63) is 0 Å². The fourth-order valence-electron chi connectivity index (χ4n) is 1.37. The summed E-state index contributed by atoms with van der Waals surface area (Å²) in [6.07, 6.45) is 0.821. The van der Waals surface area contributed by atoms with Crippen molar-refractivity contribution in [3.8, 4) is 0 Å². The molecular formula is C11H24N2O2. The fraction of sp³-hybridized carbons (Fsp3) is 0.909. The van der Waals surface area contributed by atoms with Gasteiger partial charge in [0.15, 0.2) is 0 Å². The van der Waals surface area contributed by atoms with Gasteiger partial charge in [0.2, 0.25) is 5.91 Å². The Labute approximate surface area is 92.7 Å². The number of hydrogen-bond donors (Lipinski definition) is 2. The molecule has 0 aromatic rings. The van der Waals surface area contributed by atoms with Crippen LogP contribution in [-0.2, 0) is 4.79 Å². The number of amides is 1. The van der Waals surface area contributed by atoms with Crippen molar-refractivity contribution in [2.24, 2.45) is 5.92 Å². The molecule has 15 heavy (non-hydrogen) atoms. The van der Waals surface area contributed by atoms with Crippen LogP contribution in [0.1, 0.15) is 27.2 Å². The molecule has 0 saturated carbocycles. The number of rotatable bonds is 6. The van der Waals surface area contributed by atoms with E-state index in [2.05, 4.69) is 5.32 Å². The van der Waals surface area contributed by atoms with E-state index < -0.39 is 5.60 Å². The third kappa shape index (κ3) is 6.47. The molecule has 0 spiro atoms. The highest BCUT2D eigenvalue weighted by molar-refractivity contribution is 5.78. The first-order valence-electron chi connectivity index (χ1n) is 5.43. The highest BCUT2D eigenvalue weighted by atomic mass is 16.3. The molecule has 2 unspecified atom stereocenters. The van der Waals surface area contributed by atoms with Crippen molar-refractivity contribution < 1.29 is 9.90 Å². The quantitative estimate of drug-likeness (QED) is 0.678. The Morgan fingerprint density at radius 2 is 2.07 bits per heavy atom. The van der Waals surface area contributed by atoms with Gasteiger partial charge in [-0.05, 0) is 27.4 Å². The van der Waals surface area contributed by atoms with E-state index in [1.165, 1.54) is 0 Å². The first-order valence-corrected chi connectivity index (χ1v) is 5.43. The lowest BCUT2D eigenvalue weighted by Crippen LogP contribution is -2.48. The summed E-state index contributed by atoms with van der Waals surface area (Å²) in [6, 6.07) is 0. The summed E-state index contributed by atoms with van der Waals surface area (Å²) in [5.74, 6) is 0.0247. The lowest BCUT2D eigenvalue weighted by molar-refractivity contribution is -0.125. The maximum absolute atomic E-state index is 11.5. The first-order chi connectivity index (χ1) is 6.78. The van der Waals surface area contributed by atoms with Crippen LogP contribution in [0.3, 0.4) is 0 Å². The van der Waals surface area contributed by atoms with Crippen LogP contribution in [0.5, 0.6) is 0 Å². The molecule has 0 aromatic heterocycles.